The summed E-state index contributed by atoms with van der Waals surface area (Å²) in [6, 6.07) is 0. The second kappa shape index (κ2) is 6.01. The molecule has 0 spiro atoms. The number of nitrogen functional groups attached to an aromatic ring is 1. The van der Waals surface area contributed by atoms with Gasteiger partial charge in [-0.1, -0.05) is 22.7 Å². The second-order valence-electron chi connectivity index (χ2n) is 5.09. The highest BCUT2D eigenvalue weighted by molar-refractivity contribution is 7.15. The summed E-state index contributed by atoms with van der Waals surface area (Å²) in [5, 5.41) is 23.4. The molecular formula is C12H18N6S2. The van der Waals surface area contributed by atoms with E-state index < -0.39 is 0 Å². The standard InChI is InChI=1S/C12H18N6S2/c1-2-14-12-18-16-10(20-12)8-4-3-7(5-8)6-9-15-17-11(13)19-9/h7-8H,2-6H2,1H3,(H2,13,17)(H,14,18)/t7-,8+/m1/s1. The highest BCUT2D eigenvalue weighted by atomic mass is 32.1. The van der Waals surface area contributed by atoms with Crippen LogP contribution in [0.4, 0.5) is 10.3 Å². The van der Waals surface area contributed by atoms with Crippen LogP contribution >= 0.6 is 22.7 Å². The molecule has 0 aromatic carbocycles. The molecule has 20 heavy (non-hydrogen) atoms. The molecule has 6 nitrogen and oxygen atoms in total. The van der Waals surface area contributed by atoms with E-state index in [1.54, 1.807) is 11.3 Å². The maximum Gasteiger partial charge on any atom is 0.205 e. The predicted octanol–water partition coefficient (Wildman–Crippen LogP) is 2.53. The fourth-order valence-corrected chi connectivity index (χ4v) is 4.39. The van der Waals surface area contributed by atoms with Crippen molar-refractivity contribution in [1.82, 2.24) is 20.4 Å². The van der Waals surface area contributed by atoms with Gasteiger partial charge in [0.05, 0.1) is 0 Å². The Morgan fingerprint density at radius 2 is 2.10 bits per heavy atom. The maximum atomic E-state index is 5.62. The number of nitrogens with two attached hydrogens (primary N) is 1. The van der Waals surface area contributed by atoms with Crippen LogP contribution in [0.2, 0.25) is 0 Å². The molecule has 2 heterocycles. The Morgan fingerprint density at radius 3 is 2.85 bits per heavy atom. The first-order valence-electron chi connectivity index (χ1n) is 6.89. The number of hydrogen-bond acceptors (Lipinski definition) is 8. The van der Waals surface area contributed by atoms with Gasteiger partial charge in [0, 0.05) is 18.9 Å². The van der Waals surface area contributed by atoms with Gasteiger partial charge in [0.2, 0.25) is 10.3 Å². The smallest absolute Gasteiger partial charge is 0.205 e. The predicted molar refractivity (Wildman–Crippen MR) is 82.2 cm³/mol. The summed E-state index contributed by atoms with van der Waals surface area (Å²) in [6.07, 6.45) is 4.57. The molecule has 3 rings (SSSR count). The summed E-state index contributed by atoms with van der Waals surface area (Å²) in [6.45, 7) is 2.96. The molecule has 2 atom stereocenters. The van der Waals surface area contributed by atoms with Gasteiger partial charge in [0.25, 0.3) is 0 Å². The zero-order valence-corrected chi connectivity index (χ0v) is 13.0. The van der Waals surface area contributed by atoms with Crippen LogP contribution in [0, 0.1) is 5.92 Å². The second-order valence-corrected chi connectivity index (χ2v) is 7.19. The van der Waals surface area contributed by atoms with Gasteiger partial charge in [-0.25, -0.2) is 0 Å². The molecule has 0 amide bonds. The highest BCUT2D eigenvalue weighted by Gasteiger charge is 2.29. The number of nitrogens with one attached hydrogen (secondary N) is 1. The molecule has 8 heteroatoms. The third-order valence-corrected chi connectivity index (χ3v) is 5.42. The van der Waals surface area contributed by atoms with Gasteiger partial charge < -0.3 is 11.1 Å². The molecule has 0 unspecified atom stereocenters. The van der Waals surface area contributed by atoms with Crippen molar-refractivity contribution in [2.75, 3.05) is 17.6 Å². The van der Waals surface area contributed by atoms with Crippen LogP contribution in [0.25, 0.3) is 0 Å². The van der Waals surface area contributed by atoms with Crippen molar-refractivity contribution in [3.8, 4) is 0 Å². The van der Waals surface area contributed by atoms with Crippen molar-refractivity contribution in [2.45, 2.75) is 38.5 Å². The summed E-state index contributed by atoms with van der Waals surface area (Å²) >= 11 is 3.19. The first-order valence-corrected chi connectivity index (χ1v) is 8.53. The lowest BCUT2D eigenvalue weighted by atomic mass is 10.0. The first-order chi connectivity index (χ1) is 9.74. The zero-order valence-electron chi connectivity index (χ0n) is 11.4. The third-order valence-electron chi connectivity index (χ3n) is 3.60. The fourth-order valence-electron chi connectivity index (χ4n) is 2.70. The lowest BCUT2D eigenvalue weighted by Crippen LogP contribution is -2.00. The monoisotopic (exact) mass is 310 g/mol. The van der Waals surface area contributed by atoms with Gasteiger partial charge in [-0.2, -0.15) is 0 Å². The summed E-state index contributed by atoms with van der Waals surface area (Å²) in [4.78, 5) is 0. The van der Waals surface area contributed by atoms with E-state index >= 15 is 0 Å². The Hall–Kier alpha value is -1.28. The van der Waals surface area contributed by atoms with E-state index in [4.69, 9.17) is 5.73 Å². The average molecular weight is 310 g/mol. The van der Waals surface area contributed by atoms with Crippen molar-refractivity contribution in [1.29, 1.82) is 0 Å². The lowest BCUT2D eigenvalue weighted by Gasteiger charge is -2.06. The Bertz CT molecular complexity index is 566. The molecular weight excluding hydrogens is 292 g/mol. The zero-order chi connectivity index (χ0) is 13.9. The van der Waals surface area contributed by atoms with Gasteiger partial charge in [-0.05, 0) is 32.1 Å². The van der Waals surface area contributed by atoms with Crippen LogP contribution < -0.4 is 11.1 Å². The summed E-state index contributed by atoms with van der Waals surface area (Å²) in [7, 11) is 0. The van der Waals surface area contributed by atoms with Gasteiger partial charge in [0.1, 0.15) is 10.0 Å². The van der Waals surface area contributed by atoms with E-state index in [1.165, 1.54) is 35.6 Å². The molecule has 1 aliphatic carbocycles. The lowest BCUT2D eigenvalue weighted by molar-refractivity contribution is 0.531. The molecule has 3 N–H and O–H groups in total. The quantitative estimate of drug-likeness (QED) is 0.882. The maximum absolute atomic E-state index is 5.62. The van der Waals surface area contributed by atoms with Crippen LogP contribution in [0.3, 0.4) is 0 Å². The summed E-state index contributed by atoms with van der Waals surface area (Å²) < 4.78 is 0. The molecule has 0 saturated heterocycles. The SMILES string of the molecule is CCNc1nnc([C@H]2CC[C@@H](Cc3nnc(N)s3)C2)s1. The van der Waals surface area contributed by atoms with Crippen LogP contribution in [0.1, 0.15) is 42.1 Å². The number of aromatic nitrogens is 4. The van der Waals surface area contributed by atoms with Crippen molar-refractivity contribution in [2.24, 2.45) is 5.92 Å². The molecule has 2 aromatic heterocycles. The molecule has 1 aliphatic rings. The number of nitrogens with zero attached hydrogens (tertiary/aromatic N) is 4. The number of anilines is 2. The van der Waals surface area contributed by atoms with E-state index in [-0.39, 0.29) is 0 Å². The largest absolute Gasteiger partial charge is 0.374 e. The highest BCUT2D eigenvalue weighted by Crippen LogP contribution is 2.41. The normalized spacial score (nSPS) is 22.2. The minimum atomic E-state index is 0.551. The van der Waals surface area contributed by atoms with Crippen molar-refractivity contribution in [3.05, 3.63) is 10.0 Å². The molecule has 2 aromatic rings. The molecule has 1 saturated carbocycles. The Balaban J connectivity index is 1.58. The van der Waals surface area contributed by atoms with E-state index in [0.717, 1.165) is 23.1 Å². The average Bonchev–Trinajstić information content (AvgIpc) is 3.12. The minimum Gasteiger partial charge on any atom is -0.374 e. The van der Waals surface area contributed by atoms with Crippen LogP contribution in [0.5, 0.6) is 0 Å². The Morgan fingerprint density at radius 1 is 1.20 bits per heavy atom. The van der Waals surface area contributed by atoms with Gasteiger partial charge in [-0.3, -0.25) is 0 Å². The van der Waals surface area contributed by atoms with E-state index in [9.17, 15) is 0 Å². The van der Waals surface area contributed by atoms with Crippen LogP contribution in [-0.4, -0.2) is 26.9 Å². The topological polar surface area (TPSA) is 89.6 Å². The molecule has 0 aliphatic heterocycles. The van der Waals surface area contributed by atoms with Gasteiger partial charge in [-0.15, -0.1) is 20.4 Å². The summed E-state index contributed by atoms with van der Waals surface area (Å²) in [5.74, 6) is 1.22. The molecule has 0 bridgehead atoms. The summed E-state index contributed by atoms with van der Waals surface area (Å²) in [5.41, 5.74) is 5.62. The first kappa shape index (κ1) is 13.7. The van der Waals surface area contributed by atoms with Crippen molar-refractivity contribution < 1.29 is 0 Å². The minimum absolute atomic E-state index is 0.551. The number of hydrogen-bond donors (Lipinski definition) is 2. The molecule has 1 fully saturated rings. The van der Waals surface area contributed by atoms with E-state index in [0.29, 0.717) is 17.0 Å². The third kappa shape index (κ3) is 3.06. The van der Waals surface area contributed by atoms with E-state index in [1.807, 2.05) is 0 Å². The number of rotatable bonds is 5. The Kier molecular flexibility index (Phi) is 4.11. The van der Waals surface area contributed by atoms with Gasteiger partial charge >= 0.3 is 0 Å². The van der Waals surface area contributed by atoms with Crippen molar-refractivity contribution >= 4 is 32.9 Å². The van der Waals surface area contributed by atoms with Crippen LogP contribution in [0.15, 0.2) is 0 Å². The molecule has 0 radical (unpaired) electrons. The molecule has 108 valence electrons. The fraction of sp³-hybridized carbons (Fsp3) is 0.667. The van der Waals surface area contributed by atoms with Crippen molar-refractivity contribution in [3.63, 3.8) is 0 Å². The van der Waals surface area contributed by atoms with Crippen LogP contribution in [-0.2, 0) is 6.42 Å². The Labute approximate surface area is 125 Å². The van der Waals surface area contributed by atoms with E-state index in [2.05, 4.69) is 32.6 Å². The van der Waals surface area contributed by atoms with Gasteiger partial charge in [0.15, 0.2) is 0 Å².